The molecule has 8 heteroatoms. The molecule has 0 saturated carbocycles. The van der Waals surface area contributed by atoms with Crippen molar-refractivity contribution in [3.05, 3.63) is 58.8 Å². The van der Waals surface area contributed by atoms with Crippen molar-refractivity contribution in [3.8, 4) is 0 Å². The summed E-state index contributed by atoms with van der Waals surface area (Å²) in [6, 6.07) is 7.81. The first kappa shape index (κ1) is 19.2. The minimum atomic E-state index is -1.07. The molecule has 1 aliphatic carbocycles. The maximum Gasteiger partial charge on any atom is 0.359 e. The number of allylic oxidation sites excluding steroid dienone is 2. The number of halogens is 1. The van der Waals surface area contributed by atoms with E-state index < -0.39 is 5.97 Å². The van der Waals surface area contributed by atoms with Gasteiger partial charge in [-0.15, -0.1) is 10.2 Å². The molecular formula is C20H21ClN4O2S. The summed E-state index contributed by atoms with van der Waals surface area (Å²) < 4.78 is 0. The molecule has 28 heavy (non-hydrogen) atoms. The number of hydrogen-bond donors (Lipinski definition) is 2. The average Bonchev–Trinajstić information content (AvgIpc) is 3.17. The zero-order chi connectivity index (χ0) is 19.6. The average molecular weight is 417 g/mol. The number of carboxylic acids is 1. The second kappa shape index (κ2) is 8.11. The largest absolute Gasteiger partial charge is 0.476 e. The second-order valence-electron chi connectivity index (χ2n) is 6.98. The summed E-state index contributed by atoms with van der Waals surface area (Å²) in [6.45, 7) is 1.97. The number of likely N-dealkylation sites (tertiary alicyclic amines) is 1. The second-order valence-corrected chi connectivity index (χ2v) is 8.72. The molecule has 1 unspecified atom stereocenters. The monoisotopic (exact) mass is 416 g/mol. The molecule has 1 atom stereocenters. The van der Waals surface area contributed by atoms with E-state index in [1.54, 1.807) is 0 Å². The van der Waals surface area contributed by atoms with E-state index in [1.807, 2.05) is 24.3 Å². The Morgan fingerprint density at radius 3 is 2.75 bits per heavy atom. The standard InChI is InChI=1S/C20H21ClN4O2S/c21-16-6-4-5-15(13-16)14-7-9-20(10-8-14,25-11-2-1-3-12-25)28-18-17(19(26)27)22-24-23-18/h4-9,13H,1-3,10-12H2,(H,26,27)(H,22,23,24). The van der Waals surface area contributed by atoms with Gasteiger partial charge < -0.3 is 5.11 Å². The van der Waals surface area contributed by atoms with E-state index in [9.17, 15) is 9.90 Å². The first-order chi connectivity index (χ1) is 13.6. The number of rotatable bonds is 5. The van der Waals surface area contributed by atoms with E-state index in [2.05, 4.69) is 38.5 Å². The molecule has 0 amide bonds. The van der Waals surface area contributed by atoms with Crippen LogP contribution in [0.2, 0.25) is 5.02 Å². The quantitative estimate of drug-likeness (QED) is 0.748. The Morgan fingerprint density at radius 1 is 1.25 bits per heavy atom. The van der Waals surface area contributed by atoms with E-state index in [1.165, 1.54) is 18.2 Å². The Hall–Kier alpha value is -2.09. The SMILES string of the molecule is O=C(O)c1n[nH]nc1SC1(N2CCCCC2)C=CC(c2cccc(Cl)c2)=CC1. The van der Waals surface area contributed by atoms with Gasteiger partial charge in [0.15, 0.2) is 5.03 Å². The number of aromatic nitrogens is 3. The lowest BCUT2D eigenvalue weighted by atomic mass is 9.94. The molecule has 1 aromatic carbocycles. The maximum absolute atomic E-state index is 11.5. The summed E-state index contributed by atoms with van der Waals surface area (Å²) in [5.41, 5.74) is 2.17. The Balaban J connectivity index is 1.65. The van der Waals surface area contributed by atoms with Crippen molar-refractivity contribution in [1.82, 2.24) is 20.3 Å². The fraction of sp³-hybridized carbons (Fsp3) is 0.350. The summed E-state index contributed by atoms with van der Waals surface area (Å²) in [5, 5.41) is 20.9. The van der Waals surface area contributed by atoms with Gasteiger partial charge >= 0.3 is 5.97 Å². The molecule has 2 N–H and O–H groups in total. The normalized spacial score (nSPS) is 22.8. The van der Waals surface area contributed by atoms with Crippen LogP contribution in [-0.4, -0.2) is 49.3 Å². The summed E-state index contributed by atoms with van der Waals surface area (Å²) in [7, 11) is 0. The van der Waals surface area contributed by atoms with E-state index in [0.29, 0.717) is 10.0 Å². The molecular weight excluding hydrogens is 396 g/mol. The number of hydrogen-bond acceptors (Lipinski definition) is 5. The molecule has 1 fully saturated rings. The van der Waals surface area contributed by atoms with Gasteiger partial charge in [-0.2, -0.15) is 5.21 Å². The number of aromatic amines is 1. The molecule has 0 bridgehead atoms. The van der Waals surface area contributed by atoms with E-state index in [-0.39, 0.29) is 10.6 Å². The van der Waals surface area contributed by atoms with Crippen LogP contribution >= 0.6 is 23.4 Å². The van der Waals surface area contributed by atoms with Gasteiger partial charge in [-0.3, -0.25) is 4.90 Å². The lowest BCUT2D eigenvalue weighted by Crippen LogP contribution is -2.47. The van der Waals surface area contributed by atoms with E-state index >= 15 is 0 Å². The zero-order valence-corrected chi connectivity index (χ0v) is 16.8. The Kier molecular flexibility index (Phi) is 5.57. The van der Waals surface area contributed by atoms with Crippen LogP contribution in [0.1, 0.15) is 41.7 Å². The Bertz CT molecular complexity index is 936. The number of nitrogens with one attached hydrogen (secondary N) is 1. The molecule has 4 rings (SSSR count). The topological polar surface area (TPSA) is 82.1 Å². The molecule has 6 nitrogen and oxygen atoms in total. The summed E-state index contributed by atoms with van der Waals surface area (Å²) in [5.74, 6) is -1.07. The van der Waals surface area contributed by atoms with Crippen molar-refractivity contribution >= 4 is 34.9 Å². The first-order valence-corrected chi connectivity index (χ1v) is 10.5. The van der Waals surface area contributed by atoms with Crippen molar-refractivity contribution in [2.45, 2.75) is 35.6 Å². The van der Waals surface area contributed by atoms with Crippen LogP contribution in [0.25, 0.3) is 5.57 Å². The fourth-order valence-corrected chi connectivity index (χ4v) is 5.20. The number of thioether (sulfide) groups is 1. The highest BCUT2D eigenvalue weighted by atomic mass is 35.5. The van der Waals surface area contributed by atoms with Gasteiger partial charge in [0.1, 0.15) is 0 Å². The molecule has 1 aromatic heterocycles. The number of carboxylic acid groups (broad SMARTS) is 1. The summed E-state index contributed by atoms with van der Waals surface area (Å²) in [4.78, 5) is 13.5. The van der Waals surface area contributed by atoms with Crippen molar-refractivity contribution in [1.29, 1.82) is 0 Å². The smallest absolute Gasteiger partial charge is 0.359 e. The van der Waals surface area contributed by atoms with Crippen molar-refractivity contribution in [2.75, 3.05) is 13.1 Å². The van der Waals surface area contributed by atoms with Crippen molar-refractivity contribution < 1.29 is 9.90 Å². The van der Waals surface area contributed by atoms with Crippen molar-refractivity contribution in [3.63, 3.8) is 0 Å². The van der Waals surface area contributed by atoms with Gasteiger partial charge in [-0.05, 0) is 55.6 Å². The maximum atomic E-state index is 11.5. The number of piperidine rings is 1. The van der Waals surface area contributed by atoms with Crippen LogP contribution < -0.4 is 0 Å². The lowest BCUT2D eigenvalue weighted by Gasteiger charge is -2.44. The Morgan fingerprint density at radius 2 is 2.07 bits per heavy atom. The van der Waals surface area contributed by atoms with Crippen LogP contribution in [0.5, 0.6) is 0 Å². The molecule has 0 spiro atoms. The number of aromatic carboxylic acids is 1. The van der Waals surface area contributed by atoms with Crippen molar-refractivity contribution in [2.24, 2.45) is 0 Å². The number of nitrogens with zero attached hydrogens (tertiary/aromatic N) is 3. The zero-order valence-electron chi connectivity index (χ0n) is 15.3. The fourth-order valence-electron chi connectivity index (χ4n) is 3.74. The van der Waals surface area contributed by atoms with Gasteiger partial charge in [-0.1, -0.05) is 60.1 Å². The summed E-state index contributed by atoms with van der Waals surface area (Å²) >= 11 is 7.61. The first-order valence-electron chi connectivity index (χ1n) is 9.31. The van der Waals surface area contributed by atoms with Crippen LogP contribution in [0, 0.1) is 0 Å². The molecule has 2 heterocycles. The number of carbonyl (C=O) groups is 1. The van der Waals surface area contributed by atoms with Gasteiger partial charge in [0.05, 0.1) is 4.87 Å². The van der Waals surface area contributed by atoms with Gasteiger partial charge in [0.25, 0.3) is 0 Å². The van der Waals surface area contributed by atoms with Crippen LogP contribution in [0.4, 0.5) is 0 Å². The predicted molar refractivity (Wildman–Crippen MR) is 111 cm³/mol. The Labute approximate surface area is 172 Å². The minimum Gasteiger partial charge on any atom is -0.476 e. The van der Waals surface area contributed by atoms with Gasteiger partial charge in [-0.25, -0.2) is 4.79 Å². The van der Waals surface area contributed by atoms with E-state index in [0.717, 1.165) is 43.5 Å². The molecule has 146 valence electrons. The molecule has 1 saturated heterocycles. The third-order valence-corrected chi connectivity index (χ3v) is 6.81. The van der Waals surface area contributed by atoms with Crippen LogP contribution in [0.15, 0.2) is 47.5 Å². The number of benzene rings is 1. The van der Waals surface area contributed by atoms with Gasteiger partial charge in [0.2, 0.25) is 5.69 Å². The molecule has 2 aromatic rings. The van der Waals surface area contributed by atoms with Crippen LogP contribution in [-0.2, 0) is 0 Å². The molecule has 1 aliphatic heterocycles. The minimum absolute atomic E-state index is 0.0283. The predicted octanol–water partition coefficient (Wildman–Crippen LogP) is 4.47. The van der Waals surface area contributed by atoms with Gasteiger partial charge in [0, 0.05) is 5.02 Å². The third-order valence-electron chi connectivity index (χ3n) is 5.18. The number of H-pyrrole nitrogens is 1. The highest BCUT2D eigenvalue weighted by Gasteiger charge is 2.39. The van der Waals surface area contributed by atoms with Crippen LogP contribution in [0.3, 0.4) is 0 Å². The summed E-state index contributed by atoms with van der Waals surface area (Å²) in [6.07, 6.45) is 10.8. The van der Waals surface area contributed by atoms with E-state index in [4.69, 9.17) is 11.6 Å². The third kappa shape index (κ3) is 3.87. The highest BCUT2D eigenvalue weighted by Crippen LogP contribution is 2.44. The molecule has 0 radical (unpaired) electrons. The molecule has 2 aliphatic rings. The highest BCUT2D eigenvalue weighted by molar-refractivity contribution is 8.00. The lowest BCUT2D eigenvalue weighted by molar-refractivity contribution is 0.0686.